The van der Waals surface area contributed by atoms with Crippen LogP contribution >= 0.6 is 11.8 Å². The lowest BCUT2D eigenvalue weighted by molar-refractivity contribution is -0.134. The summed E-state index contributed by atoms with van der Waals surface area (Å²) < 4.78 is 12.7. The monoisotopic (exact) mass is 410 g/mol. The molecule has 1 aromatic heterocycles. The summed E-state index contributed by atoms with van der Waals surface area (Å²) in [5, 5.41) is 8.58. The Kier molecular flexibility index (Phi) is 6.12. The van der Waals surface area contributed by atoms with E-state index in [1.54, 1.807) is 13.4 Å². The number of carbonyl (C=O) groups is 1. The minimum atomic E-state index is -0.424. The number of thioether (sulfide) groups is 1. The van der Waals surface area contributed by atoms with Gasteiger partial charge in [-0.2, -0.15) is 0 Å². The Morgan fingerprint density at radius 3 is 2.59 bits per heavy atom. The predicted molar refractivity (Wildman–Crippen MR) is 110 cm³/mol. The molecule has 1 aliphatic heterocycles. The average molecular weight is 410 g/mol. The number of aromatic nitrogens is 3. The fourth-order valence-electron chi connectivity index (χ4n) is 3.24. The van der Waals surface area contributed by atoms with Gasteiger partial charge in [-0.3, -0.25) is 9.36 Å². The van der Waals surface area contributed by atoms with Crippen LogP contribution in [0.4, 0.5) is 0 Å². The highest BCUT2D eigenvalue weighted by molar-refractivity contribution is 8.00. The van der Waals surface area contributed by atoms with E-state index < -0.39 is 5.25 Å². The second-order valence-corrected chi connectivity index (χ2v) is 7.57. The lowest BCUT2D eigenvalue weighted by Gasteiger charge is -2.30. The number of hydrogen-bond acceptors (Lipinski definition) is 6. The van der Waals surface area contributed by atoms with E-state index in [4.69, 9.17) is 9.47 Å². The zero-order valence-corrected chi connectivity index (χ0v) is 16.9. The Morgan fingerprint density at radius 2 is 1.83 bits per heavy atom. The van der Waals surface area contributed by atoms with Gasteiger partial charge in [-0.15, -0.1) is 10.2 Å². The molecule has 1 aliphatic rings. The van der Waals surface area contributed by atoms with Crippen molar-refractivity contribution in [1.29, 1.82) is 0 Å². The lowest BCUT2D eigenvalue weighted by atomic mass is 10.1. The van der Waals surface area contributed by atoms with Crippen molar-refractivity contribution in [2.75, 3.05) is 33.4 Å². The number of benzene rings is 2. The summed E-state index contributed by atoms with van der Waals surface area (Å²) in [6, 6.07) is 17.4. The smallest absolute Gasteiger partial charge is 0.240 e. The van der Waals surface area contributed by atoms with Crippen LogP contribution in [0.1, 0.15) is 10.8 Å². The van der Waals surface area contributed by atoms with Crippen molar-refractivity contribution in [1.82, 2.24) is 19.7 Å². The summed E-state index contributed by atoms with van der Waals surface area (Å²) in [6.45, 7) is 2.33. The number of carbonyl (C=O) groups excluding carboxylic acids is 1. The van der Waals surface area contributed by atoms with E-state index in [9.17, 15) is 4.79 Å². The summed E-state index contributed by atoms with van der Waals surface area (Å²) in [6.07, 6.45) is 1.64. The summed E-state index contributed by atoms with van der Waals surface area (Å²) >= 11 is 1.39. The quantitative estimate of drug-likeness (QED) is 0.582. The molecule has 0 N–H and O–H groups in total. The zero-order valence-electron chi connectivity index (χ0n) is 16.1. The van der Waals surface area contributed by atoms with Gasteiger partial charge in [0.15, 0.2) is 5.16 Å². The Hall–Kier alpha value is -2.84. The van der Waals surface area contributed by atoms with Crippen LogP contribution in [0.2, 0.25) is 0 Å². The normalized spacial score (nSPS) is 15.1. The van der Waals surface area contributed by atoms with Gasteiger partial charge >= 0.3 is 0 Å². The van der Waals surface area contributed by atoms with Crippen molar-refractivity contribution in [3.8, 4) is 11.4 Å². The van der Waals surface area contributed by atoms with Gasteiger partial charge in [0.05, 0.1) is 26.0 Å². The van der Waals surface area contributed by atoms with Crippen molar-refractivity contribution in [2.45, 2.75) is 10.4 Å². The molecule has 0 aliphatic carbocycles. The number of para-hydroxylation sites is 2. The first kappa shape index (κ1) is 19.5. The highest BCUT2D eigenvalue weighted by Crippen LogP contribution is 2.37. The highest BCUT2D eigenvalue weighted by atomic mass is 32.2. The van der Waals surface area contributed by atoms with E-state index in [1.165, 1.54) is 11.8 Å². The van der Waals surface area contributed by atoms with Crippen LogP contribution in [0, 0.1) is 0 Å². The van der Waals surface area contributed by atoms with Crippen LogP contribution in [0.15, 0.2) is 66.1 Å². The molecule has 2 aromatic carbocycles. The molecule has 2 heterocycles. The molecule has 8 heteroatoms. The molecule has 0 spiro atoms. The van der Waals surface area contributed by atoms with E-state index in [-0.39, 0.29) is 5.91 Å². The molecule has 0 radical (unpaired) electrons. The third-order valence-electron chi connectivity index (χ3n) is 4.73. The Bertz CT molecular complexity index is 957. The summed E-state index contributed by atoms with van der Waals surface area (Å²) in [5.74, 6) is 0.768. The van der Waals surface area contributed by atoms with Gasteiger partial charge in [-0.05, 0) is 17.7 Å². The third kappa shape index (κ3) is 4.28. The average Bonchev–Trinajstić information content (AvgIpc) is 3.26. The van der Waals surface area contributed by atoms with Gasteiger partial charge in [0.25, 0.3) is 0 Å². The topological polar surface area (TPSA) is 69.5 Å². The maximum Gasteiger partial charge on any atom is 0.240 e. The SMILES string of the molecule is COc1ccccc1-n1cnnc1SC(C(=O)N1CCOCC1)c1ccccc1. The fraction of sp³-hybridized carbons (Fsp3) is 0.286. The first-order valence-electron chi connectivity index (χ1n) is 9.39. The van der Waals surface area contributed by atoms with Gasteiger partial charge in [-0.1, -0.05) is 54.2 Å². The molecule has 3 aromatic rings. The Balaban J connectivity index is 1.67. The zero-order chi connectivity index (χ0) is 20.1. The van der Waals surface area contributed by atoms with Gasteiger partial charge in [0, 0.05) is 13.1 Å². The molecule has 4 rings (SSSR count). The van der Waals surface area contributed by atoms with Gasteiger partial charge in [0.1, 0.15) is 17.3 Å². The van der Waals surface area contributed by atoms with E-state index in [1.807, 2.05) is 64.1 Å². The molecular weight excluding hydrogens is 388 g/mol. The first-order chi connectivity index (χ1) is 14.3. The minimum absolute atomic E-state index is 0.0547. The van der Waals surface area contributed by atoms with Crippen molar-refractivity contribution in [2.24, 2.45) is 0 Å². The summed E-state index contributed by atoms with van der Waals surface area (Å²) in [7, 11) is 1.63. The van der Waals surface area contributed by atoms with Gasteiger partial charge in [-0.25, -0.2) is 0 Å². The second-order valence-electron chi connectivity index (χ2n) is 6.50. The molecule has 0 saturated carbocycles. The summed E-state index contributed by atoms with van der Waals surface area (Å²) in [4.78, 5) is 15.2. The van der Waals surface area contributed by atoms with E-state index in [0.717, 1.165) is 11.3 Å². The van der Waals surface area contributed by atoms with Crippen LogP contribution in [0.3, 0.4) is 0 Å². The van der Waals surface area contributed by atoms with Crippen molar-refractivity contribution < 1.29 is 14.3 Å². The number of morpholine rings is 1. The number of ether oxygens (including phenoxy) is 2. The van der Waals surface area contributed by atoms with Crippen molar-refractivity contribution in [3.63, 3.8) is 0 Å². The summed E-state index contributed by atoms with van der Waals surface area (Å²) in [5.41, 5.74) is 1.76. The number of methoxy groups -OCH3 is 1. The molecule has 7 nitrogen and oxygen atoms in total. The standard InChI is InChI=1S/C21H22N4O3S/c1-27-18-10-6-5-9-17(18)25-15-22-23-21(25)29-19(16-7-3-2-4-8-16)20(26)24-11-13-28-14-12-24/h2-10,15,19H,11-14H2,1H3. The first-order valence-corrected chi connectivity index (χ1v) is 10.3. The highest BCUT2D eigenvalue weighted by Gasteiger charge is 2.30. The molecule has 1 unspecified atom stereocenters. The fourth-order valence-corrected chi connectivity index (χ4v) is 4.35. The number of nitrogens with zero attached hydrogens (tertiary/aromatic N) is 4. The van der Waals surface area contributed by atoms with E-state index in [2.05, 4.69) is 10.2 Å². The third-order valence-corrected chi connectivity index (χ3v) is 5.93. The van der Waals surface area contributed by atoms with E-state index in [0.29, 0.717) is 37.2 Å². The molecule has 1 saturated heterocycles. The molecule has 0 bridgehead atoms. The van der Waals surface area contributed by atoms with Crippen molar-refractivity contribution in [3.05, 3.63) is 66.5 Å². The molecule has 1 fully saturated rings. The number of amides is 1. The van der Waals surface area contributed by atoms with Crippen molar-refractivity contribution >= 4 is 17.7 Å². The van der Waals surface area contributed by atoms with Crippen LogP contribution in [0.5, 0.6) is 5.75 Å². The van der Waals surface area contributed by atoms with Gasteiger partial charge < -0.3 is 14.4 Å². The van der Waals surface area contributed by atoms with Crippen LogP contribution in [-0.4, -0.2) is 59.0 Å². The predicted octanol–water partition coefficient (Wildman–Crippen LogP) is 2.97. The lowest BCUT2D eigenvalue weighted by Crippen LogP contribution is -2.42. The number of rotatable bonds is 6. The number of hydrogen-bond donors (Lipinski definition) is 0. The molecule has 29 heavy (non-hydrogen) atoms. The molecular formula is C21H22N4O3S. The maximum absolute atomic E-state index is 13.4. The van der Waals surface area contributed by atoms with E-state index >= 15 is 0 Å². The largest absolute Gasteiger partial charge is 0.495 e. The second kappa shape index (κ2) is 9.11. The van der Waals surface area contributed by atoms with Crippen LogP contribution in [0.25, 0.3) is 5.69 Å². The molecule has 1 atom stereocenters. The Morgan fingerprint density at radius 1 is 1.10 bits per heavy atom. The molecule has 1 amide bonds. The van der Waals surface area contributed by atoms with Crippen LogP contribution in [-0.2, 0) is 9.53 Å². The van der Waals surface area contributed by atoms with Crippen LogP contribution < -0.4 is 4.74 Å². The Labute approximate surface area is 173 Å². The minimum Gasteiger partial charge on any atom is -0.495 e. The maximum atomic E-state index is 13.4. The van der Waals surface area contributed by atoms with Gasteiger partial charge in [0.2, 0.25) is 5.91 Å². The molecule has 150 valence electrons.